The molecule has 1 fully saturated rings. The topological polar surface area (TPSA) is 75.9 Å². The summed E-state index contributed by atoms with van der Waals surface area (Å²) in [5.41, 5.74) is 9.04. The van der Waals surface area contributed by atoms with Gasteiger partial charge in [-0.2, -0.15) is 0 Å². The summed E-state index contributed by atoms with van der Waals surface area (Å²) in [5.74, 6) is -0.392. The third-order valence-corrected chi connectivity index (χ3v) is 5.78. The summed E-state index contributed by atoms with van der Waals surface area (Å²) in [6.07, 6.45) is 2.28. The summed E-state index contributed by atoms with van der Waals surface area (Å²) in [6, 6.07) is 24.6. The van der Waals surface area contributed by atoms with E-state index in [1.54, 1.807) is 0 Å². The minimum absolute atomic E-state index is 0.202. The summed E-state index contributed by atoms with van der Waals surface area (Å²) >= 11 is 0. The molecule has 170 valence electrons. The van der Waals surface area contributed by atoms with Gasteiger partial charge in [-0.1, -0.05) is 62.2 Å². The molecule has 0 radical (unpaired) electrons. The first-order valence-electron chi connectivity index (χ1n) is 11.4. The highest BCUT2D eigenvalue weighted by molar-refractivity contribution is 6.23. The number of nitrogens with zero attached hydrogens (tertiary/aromatic N) is 2. The number of anilines is 2. The molecule has 0 saturated carbocycles. The lowest BCUT2D eigenvalue weighted by atomic mass is 10.0. The van der Waals surface area contributed by atoms with Crippen LogP contribution in [0.15, 0.2) is 78.9 Å². The van der Waals surface area contributed by atoms with E-state index in [0.29, 0.717) is 36.7 Å². The predicted octanol–water partition coefficient (Wildman–Crippen LogP) is 4.83. The Hall–Kier alpha value is -3.64. The van der Waals surface area contributed by atoms with Gasteiger partial charge in [0.05, 0.1) is 11.4 Å². The summed E-state index contributed by atoms with van der Waals surface area (Å²) in [5, 5.41) is 2.97. The summed E-state index contributed by atoms with van der Waals surface area (Å²) in [6.45, 7) is 2.87. The number of hydrogen-bond donors (Lipinski definition) is 1. The second kappa shape index (κ2) is 10.3. The highest BCUT2D eigenvalue weighted by atomic mass is 16.5. The highest BCUT2D eigenvalue weighted by Crippen LogP contribution is 2.35. The standard InChI is InChI=1S/C27H29N3O3/c1-2-3-12-25-26(31)29(30(27(25)32)23-11-7-10-21(17-23)18-28)22-13-15-24(16-14-22)33-19-20-8-5-4-6-9-20/h4-11,13-17,25H,2-3,12,18-19,28H2,1H3. The molecular formula is C27H29N3O3. The molecule has 1 heterocycles. The van der Waals surface area contributed by atoms with E-state index in [1.807, 2.05) is 78.9 Å². The van der Waals surface area contributed by atoms with Crippen molar-refractivity contribution in [1.82, 2.24) is 0 Å². The molecule has 1 aliphatic rings. The number of amides is 2. The molecule has 0 aliphatic carbocycles. The first-order valence-corrected chi connectivity index (χ1v) is 11.4. The van der Waals surface area contributed by atoms with Gasteiger partial charge in [-0.3, -0.25) is 9.59 Å². The molecule has 0 aromatic heterocycles. The number of ether oxygens (including phenoxy) is 1. The van der Waals surface area contributed by atoms with Gasteiger partial charge in [0.15, 0.2) is 0 Å². The number of benzene rings is 3. The fourth-order valence-corrected chi connectivity index (χ4v) is 3.98. The lowest BCUT2D eigenvalue weighted by molar-refractivity contribution is -0.127. The maximum absolute atomic E-state index is 13.4. The first-order chi connectivity index (χ1) is 16.1. The van der Waals surface area contributed by atoms with Crippen molar-refractivity contribution >= 4 is 23.2 Å². The second-order valence-corrected chi connectivity index (χ2v) is 8.14. The molecule has 4 rings (SSSR count). The van der Waals surface area contributed by atoms with E-state index in [0.717, 1.165) is 24.0 Å². The molecule has 0 bridgehead atoms. The van der Waals surface area contributed by atoms with Crippen molar-refractivity contribution in [2.75, 3.05) is 10.0 Å². The van der Waals surface area contributed by atoms with Crippen LogP contribution < -0.4 is 20.5 Å². The number of hydrogen-bond acceptors (Lipinski definition) is 4. The molecule has 1 atom stereocenters. The van der Waals surface area contributed by atoms with Crippen LogP contribution in [0.4, 0.5) is 11.4 Å². The number of rotatable bonds is 9. The van der Waals surface area contributed by atoms with E-state index in [9.17, 15) is 9.59 Å². The largest absolute Gasteiger partial charge is 0.489 e. The Balaban J connectivity index is 1.60. The Bertz CT molecular complexity index is 1100. The van der Waals surface area contributed by atoms with Crippen molar-refractivity contribution in [3.05, 3.63) is 90.0 Å². The van der Waals surface area contributed by atoms with Crippen LogP contribution in [0, 0.1) is 5.92 Å². The quantitative estimate of drug-likeness (QED) is 0.481. The lowest BCUT2D eigenvalue weighted by Crippen LogP contribution is -2.41. The van der Waals surface area contributed by atoms with Crippen LogP contribution >= 0.6 is 0 Å². The average Bonchev–Trinajstić information content (AvgIpc) is 3.11. The van der Waals surface area contributed by atoms with Crippen molar-refractivity contribution in [2.45, 2.75) is 39.3 Å². The zero-order valence-electron chi connectivity index (χ0n) is 18.8. The molecule has 3 aromatic rings. The normalized spacial score (nSPS) is 15.9. The van der Waals surface area contributed by atoms with Crippen LogP contribution in [0.25, 0.3) is 0 Å². The monoisotopic (exact) mass is 443 g/mol. The molecule has 1 unspecified atom stereocenters. The van der Waals surface area contributed by atoms with Gasteiger partial charge in [-0.05, 0) is 53.9 Å². The highest BCUT2D eigenvalue weighted by Gasteiger charge is 2.46. The third-order valence-electron chi connectivity index (χ3n) is 5.78. The maximum atomic E-state index is 13.4. The average molecular weight is 444 g/mol. The van der Waals surface area contributed by atoms with Crippen LogP contribution in [0.3, 0.4) is 0 Å². The molecule has 1 aliphatic heterocycles. The van der Waals surface area contributed by atoms with Gasteiger partial charge in [0.25, 0.3) is 11.8 Å². The zero-order valence-corrected chi connectivity index (χ0v) is 18.8. The minimum atomic E-state index is -0.680. The minimum Gasteiger partial charge on any atom is -0.489 e. The van der Waals surface area contributed by atoms with Crippen molar-refractivity contribution in [3.63, 3.8) is 0 Å². The molecular weight excluding hydrogens is 414 g/mol. The van der Waals surface area contributed by atoms with Crippen LogP contribution in [-0.4, -0.2) is 11.8 Å². The third kappa shape index (κ3) is 4.91. The molecule has 2 amide bonds. The number of carbonyl (C=O) groups excluding carboxylic acids is 2. The summed E-state index contributed by atoms with van der Waals surface area (Å²) in [4.78, 5) is 26.7. The summed E-state index contributed by atoms with van der Waals surface area (Å²) < 4.78 is 5.88. The molecule has 6 nitrogen and oxygen atoms in total. The number of carbonyl (C=O) groups is 2. The van der Waals surface area contributed by atoms with Gasteiger partial charge >= 0.3 is 0 Å². The fourth-order valence-electron chi connectivity index (χ4n) is 3.98. The number of nitrogens with two attached hydrogens (primary N) is 1. The Labute approximate surface area is 194 Å². The Morgan fingerprint density at radius 2 is 1.48 bits per heavy atom. The summed E-state index contributed by atoms with van der Waals surface area (Å²) in [7, 11) is 0. The second-order valence-electron chi connectivity index (χ2n) is 8.14. The van der Waals surface area contributed by atoms with Crippen LogP contribution in [0.2, 0.25) is 0 Å². The van der Waals surface area contributed by atoms with Gasteiger partial charge in [0, 0.05) is 6.54 Å². The van der Waals surface area contributed by atoms with E-state index < -0.39 is 5.92 Å². The van der Waals surface area contributed by atoms with E-state index in [4.69, 9.17) is 10.5 Å². The fraction of sp³-hybridized carbons (Fsp3) is 0.259. The van der Waals surface area contributed by atoms with Crippen LogP contribution in [0.5, 0.6) is 5.75 Å². The molecule has 33 heavy (non-hydrogen) atoms. The zero-order chi connectivity index (χ0) is 23.2. The van der Waals surface area contributed by atoms with E-state index in [-0.39, 0.29) is 11.8 Å². The van der Waals surface area contributed by atoms with Crippen LogP contribution in [0.1, 0.15) is 37.3 Å². The predicted molar refractivity (Wildman–Crippen MR) is 130 cm³/mol. The van der Waals surface area contributed by atoms with Crippen LogP contribution in [-0.2, 0) is 22.7 Å². The van der Waals surface area contributed by atoms with Gasteiger partial charge in [-0.15, -0.1) is 0 Å². The number of unbranched alkanes of at least 4 members (excludes halogenated alkanes) is 1. The lowest BCUT2D eigenvalue weighted by Gasteiger charge is -2.28. The van der Waals surface area contributed by atoms with Crippen molar-refractivity contribution in [3.8, 4) is 5.75 Å². The molecule has 2 N–H and O–H groups in total. The van der Waals surface area contributed by atoms with Crippen molar-refractivity contribution < 1.29 is 14.3 Å². The molecule has 3 aromatic carbocycles. The molecule has 1 saturated heterocycles. The number of hydrazine groups is 1. The van der Waals surface area contributed by atoms with E-state index in [2.05, 4.69) is 6.92 Å². The van der Waals surface area contributed by atoms with Crippen molar-refractivity contribution in [2.24, 2.45) is 11.7 Å². The Morgan fingerprint density at radius 3 is 2.15 bits per heavy atom. The van der Waals surface area contributed by atoms with Crippen molar-refractivity contribution in [1.29, 1.82) is 0 Å². The van der Waals surface area contributed by atoms with Gasteiger partial charge < -0.3 is 10.5 Å². The molecule has 0 spiro atoms. The van der Waals surface area contributed by atoms with Gasteiger partial charge in [0.1, 0.15) is 18.3 Å². The van der Waals surface area contributed by atoms with E-state index >= 15 is 0 Å². The smallest absolute Gasteiger partial charge is 0.258 e. The van der Waals surface area contributed by atoms with Gasteiger partial charge in [0.2, 0.25) is 0 Å². The Morgan fingerprint density at radius 1 is 0.818 bits per heavy atom. The maximum Gasteiger partial charge on any atom is 0.258 e. The Kier molecular flexibility index (Phi) is 7.05. The SMILES string of the molecule is CCCCC1C(=O)N(c2ccc(OCc3ccccc3)cc2)N(c2cccc(CN)c2)C1=O. The molecule has 6 heteroatoms. The first kappa shape index (κ1) is 22.6. The van der Waals surface area contributed by atoms with Gasteiger partial charge in [-0.25, -0.2) is 10.0 Å². The van der Waals surface area contributed by atoms with E-state index in [1.165, 1.54) is 10.0 Å².